The number of carbonyl (C=O) groups is 1. The molecule has 3 atom stereocenters. The maximum Gasteiger partial charge on any atom is 0.245 e. The number of carbonyl (C=O) groups excluding carboxylic acids is 1. The first-order valence-electron chi connectivity index (χ1n) is 12.0. The van der Waals surface area contributed by atoms with Crippen LogP contribution < -0.4 is 5.32 Å². The van der Waals surface area contributed by atoms with Crippen molar-refractivity contribution in [2.45, 2.75) is 72.8 Å². The summed E-state index contributed by atoms with van der Waals surface area (Å²) in [6.07, 6.45) is 5.75. The lowest BCUT2D eigenvalue weighted by Crippen LogP contribution is -2.53. The van der Waals surface area contributed by atoms with E-state index in [1.165, 1.54) is 6.33 Å². The molecule has 4 rings (SSSR count). The highest BCUT2D eigenvalue weighted by Crippen LogP contribution is 2.27. The second kappa shape index (κ2) is 10.0. The van der Waals surface area contributed by atoms with Gasteiger partial charge in [0.1, 0.15) is 24.0 Å². The predicted octanol–water partition coefficient (Wildman–Crippen LogP) is 3.07. The summed E-state index contributed by atoms with van der Waals surface area (Å²) in [4.78, 5) is 37.9. The van der Waals surface area contributed by atoms with Crippen molar-refractivity contribution < 1.29 is 9.53 Å². The maximum atomic E-state index is 13.6. The van der Waals surface area contributed by atoms with Crippen LogP contribution in [0, 0.1) is 12.8 Å². The Kier molecular flexibility index (Phi) is 7.06. The van der Waals surface area contributed by atoms with E-state index in [1.54, 1.807) is 12.4 Å². The third-order valence-corrected chi connectivity index (χ3v) is 5.93. The topological polar surface area (TPSA) is 111 Å². The van der Waals surface area contributed by atoms with Gasteiger partial charge in [-0.3, -0.25) is 4.79 Å². The molecule has 3 unspecified atom stereocenters. The number of nitrogens with zero attached hydrogens (tertiary/aromatic N) is 7. The van der Waals surface area contributed by atoms with Crippen LogP contribution in [0.4, 0.5) is 5.82 Å². The number of fused-ring (bicyclic) bond motifs is 1. The van der Waals surface area contributed by atoms with Crippen molar-refractivity contribution in [3.63, 3.8) is 0 Å². The lowest BCUT2D eigenvalue weighted by atomic mass is 10.0. The van der Waals surface area contributed by atoms with Gasteiger partial charge in [0.2, 0.25) is 5.91 Å². The van der Waals surface area contributed by atoms with Crippen LogP contribution in [-0.4, -0.2) is 71.6 Å². The summed E-state index contributed by atoms with van der Waals surface area (Å²) >= 11 is 0. The van der Waals surface area contributed by atoms with Gasteiger partial charge in [-0.2, -0.15) is 0 Å². The van der Waals surface area contributed by atoms with Crippen molar-refractivity contribution in [2.24, 2.45) is 5.92 Å². The van der Waals surface area contributed by atoms with Gasteiger partial charge in [-0.05, 0) is 40.0 Å². The first kappa shape index (κ1) is 24.0. The van der Waals surface area contributed by atoms with Gasteiger partial charge in [-0.1, -0.05) is 13.8 Å². The molecule has 1 fully saturated rings. The van der Waals surface area contributed by atoms with Crippen molar-refractivity contribution in [3.05, 3.63) is 24.5 Å². The number of morpholine rings is 1. The highest BCUT2D eigenvalue weighted by Gasteiger charge is 2.32. The van der Waals surface area contributed by atoms with E-state index < -0.39 is 6.04 Å². The summed E-state index contributed by atoms with van der Waals surface area (Å²) in [5.74, 6) is 2.36. The van der Waals surface area contributed by atoms with Gasteiger partial charge in [0.25, 0.3) is 0 Å². The number of ether oxygens (including phenoxy) is 1. The van der Waals surface area contributed by atoms with Gasteiger partial charge < -0.3 is 19.5 Å². The fourth-order valence-corrected chi connectivity index (χ4v) is 4.51. The third kappa shape index (κ3) is 5.01. The zero-order valence-electron chi connectivity index (χ0n) is 20.8. The molecule has 1 amide bonds. The number of nitrogens with one attached hydrogen (secondary N) is 1. The van der Waals surface area contributed by atoms with Crippen molar-refractivity contribution in [3.8, 4) is 11.4 Å². The number of imidazole rings is 1. The number of amides is 1. The minimum atomic E-state index is -0.423. The second-order valence-corrected chi connectivity index (χ2v) is 9.42. The fourth-order valence-electron chi connectivity index (χ4n) is 4.51. The molecule has 0 aromatic carbocycles. The van der Waals surface area contributed by atoms with E-state index in [1.807, 2.05) is 37.2 Å². The van der Waals surface area contributed by atoms with Crippen molar-refractivity contribution in [1.29, 1.82) is 0 Å². The van der Waals surface area contributed by atoms with Gasteiger partial charge in [0.15, 0.2) is 17.0 Å². The zero-order chi connectivity index (χ0) is 24.4. The van der Waals surface area contributed by atoms with E-state index in [-0.39, 0.29) is 18.1 Å². The lowest BCUT2D eigenvalue weighted by Gasteiger charge is -2.37. The van der Waals surface area contributed by atoms with Crippen molar-refractivity contribution >= 4 is 22.9 Å². The molecule has 4 heterocycles. The normalized spacial score (nSPS) is 19.6. The largest absolute Gasteiger partial charge is 0.372 e. The Balaban J connectivity index is 1.69. The molecule has 1 aliphatic heterocycles. The number of anilines is 1. The Labute approximate surface area is 200 Å². The number of hydrogen-bond donors (Lipinski definition) is 1. The lowest BCUT2D eigenvalue weighted by molar-refractivity contribution is -0.144. The summed E-state index contributed by atoms with van der Waals surface area (Å²) in [5, 5.41) is 3.42. The van der Waals surface area contributed by atoms with Crippen LogP contribution in [0.15, 0.2) is 18.7 Å². The molecule has 182 valence electrons. The standard InChI is InChI=1S/C24H34N8O2/c1-7-32-22(18-9-25-17(6)26-10-18)30-20-21(27-13-28-23(20)32)29-19(8-14(2)3)24(33)31-11-15(4)34-16(5)12-31/h9-10,13-16,19H,7-8,11-12H2,1-6H3,(H,27,28,29). The average Bonchev–Trinajstić information content (AvgIpc) is 3.17. The molecule has 0 spiro atoms. The Morgan fingerprint density at radius 2 is 1.82 bits per heavy atom. The van der Waals surface area contributed by atoms with E-state index in [0.717, 1.165) is 11.4 Å². The fraction of sp³-hybridized carbons (Fsp3) is 0.583. The first-order chi connectivity index (χ1) is 16.3. The monoisotopic (exact) mass is 466 g/mol. The van der Waals surface area contributed by atoms with Crippen LogP contribution >= 0.6 is 0 Å². The van der Waals surface area contributed by atoms with E-state index in [9.17, 15) is 4.79 Å². The summed E-state index contributed by atoms with van der Waals surface area (Å²) in [6.45, 7) is 14.0. The number of aryl methyl sites for hydroxylation is 2. The Hall–Kier alpha value is -3.14. The minimum Gasteiger partial charge on any atom is -0.372 e. The summed E-state index contributed by atoms with van der Waals surface area (Å²) in [5.41, 5.74) is 2.15. The van der Waals surface area contributed by atoms with Crippen molar-refractivity contribution in [2.75, 3.05) is 18.4 Å². The molecule has 0 radical (unpaired) electrons. The summed E-state index contributed by atoms with van der Waals surface area (Å²) < 4.78 is 7.84. The molecule has 0 aliphatic carbocycles. The third-order valence-electron chi connectivity index (χ3n) is 5.93. The van der Waals surface area contributed by atoms with Gasteiger partial charge in [-0.25, -0.2) is 24.9 Å². The Morgan fingerprint density at radius 3 is 2.44 bits per heavy atom. The molecule has 3 aromatic rings. The molecule has 1 aliphatic rings. The summed E-state index contributed by atoms with van der Waals surface area (Å²) in [6, 6.07) is -0.423. The summed E-state index contributed by atoms with van der Waals surface area (Å²) in [7, 11) is 0. The van der Waals surface area contributed by atoms with E-state index in [4.69, 9.17) is 9.72 Å². The van der Waals surface area contributed by atoms with Crippen LogP contribution in [0.3, 0.4) is 0 Å². The molecule has 3 aromatic heterocycles. The average molecular weight is 467 g/mol. The molecule has 0 saturated carbocycles. The zero-order valence-corrected chi connectivity index (χ0v) is 20.8. The molecular formula is C24H34N8O2. The van der Waals surface area contributed by atoms with Crippen LogP contribution in [-0.2, 0) is 16.1 Å². The molecule has 34 heavy (non-hydrogen) atoms. The van der Waals surface area contributed by atoms with Gasteiger partial charge in [0, 0.05) is 32.0 Å². The molecule has 1 N–H and O–H groups in total. The molecule has 10 heteroatoms. The van der Waals surface area contributed by atoms with Gasteiger partial charge >= 0.3 is 0 Å². The SMILES string of the molecule is CCn1c(-c2cnc(C)nc2)nc2c(NC(CC(C)C)C(=O)N3CC(C)OC(C)C3)ncnc21. The molecule has 1 saturated heterocycles. The second-order valence-electron chi connectivity index (χ2n) is 9.42. The first-order valence-corrected chi connectivity index (χ1v) is 12.0. The highest BCUT2D eigenvalue weighted by atomic mass is 16.5. The smallest absolute Gasteiger partial charge is 0.245 e. The van der Waals surface area contributed by atoms with Crippen LogP contribution in [0.25, 0.3) is 22.6 Å². The van der Waals surface area contributed by atoms with Gasteiger partial charge in [0.05, 0.1) is 17.8 Å². The minimum absolute atomic E-state index is 0.0118. The van der Waals surface area contributed by atoms with Crippen LogP contribution in [0.5, 0.6) is 0 Å². The van der Waals surface area contributed by atoms with Crippen molar-refractivity contribution in [1.82, 2.24) is 34.4 Å². The molecule has 10 nitrogen and oxygen atoms in total. The number of rotatable bonds is 7. The quantitative estimate of drug-likeness (QED) is 0.566. The molecule has 0 bridgehead atoms. The Bertz CT molecular complexity index is 1130. The van der Waals surface area contributed by atoms with E-state index in [2.05, 4.69) is 39.1 Å². The predicted molar refractivity (Wildman–Crippen MR) is 130 cm³/mol. The van der Waals surface area contributed by atoms with Crippen LogP contribution in [0.2, 0.25) is 0 Å². The van der Waals surface area contributed by atoms with E-state index in [0.29, 0.717) is 54.8 Å². The molecular weight excluding hydrogens is 432 g/mol. The van der Waals surface area contributed by atoms with Crippen LogP contribution in [0.1, 0.15) is 46.9 Å². The Morgan fingerprint density at radius 1 is 1.15 bits per heavy atom. The van der Waals surface area contributed by atoms with E-state index >= 15 is 0 Å². The van der Waals surface area contributed by atoms with Gasteiger partial charge in [-0.15, -0.1) is 0 Å². The maximum absolute atomic E-state index is 13.6. The highest BCUT2D eigenvalue weighted by molar-refractivity contribution is 5.90. The number of hydrogen-bond acceptors (Lipinski definition) is 8. The number of aromatic nitrogens is 6.